The molecule has 3 heterocycles. The fourth-order valence-corrected chi connectivity index (χ4v) is 2.59. The normalized spacial score (nSPS) is 19.0. The first-order chi connectivity index (χ1) is 9.20. The van der Waals surface area contributed by atoms with E-state index in [1.54, 1.807) is 19.4 Å². The Labute approximate surface area is 110 Å². The van der Waals surface area contributed by atoms with Crippen molar-refractivity contribution < 1.29 is 4.79 Å². The summed E-state index contributed by atoms with van der Waals surface area (Å²) in [6.07, 6.45) is 7.02. The summed E-state index contributed by atoms with van der Waals surface area (Å²) in [6.45, 7) is 0.789. The van der Waals surface area contributed by atoms with Crippen LogP contribution in [0.3, 0.4) is 0 Å². The molecule has 0 bridgehead atoms. The average Bonchev–Trinajstić information content (AvgIpc) is 3.04. The van der Waals surface area contributed by atoms with E-state index in [2.05, 4.69) is 15.3 Å². The lowest BCUT2D eigenvalue weighted by Crippen LogP contribution is -2.42. The summed E-state index contributed by atoms with van der Waals surface area (Å²) in [5, 5.41) is 2.70. The average molecular weight is 260 g/mol. The van der Waals surface area contributed by atoms with Crippen LogP contribution < -0.4 is 16.0 Å². The highest BCUT2D eigenvalue weighted by atomic mass is 16.2. The van der Waals surface area contributed by atoms with Crippen LogP contribution in [-0.2, 0) is 4.79 Å². The summed E-state index contributed by atoms with van der Waals surface area (Å²) < 4.78 is 1.83. The Morgan fingerprint density at radius 1 is 1.58 bits per heavy atom. The quantitative estimate of drug-likeness (QED) is 0.795. The van der Waals surface area contributed by atoms with Gasteiger partial charge in [-0.1, -0.05) is 0 Å². The lowest BCUT2D eigenvalue weighted by molar-refractivity contribution is -0.121. The van der Waals surface area contributed by atoms with Crippen LogP contribution in [0.5, 0.6) is 0 Å². The standard InChI is InChI=1S/C12H16N6O/c1-14-12(19)8-3-2-5-18(8)11-10-15-4-6-17(10)7-9(13)16-11/h4,6-8H,2-3,5,13H2,1H3,(H,14,19). The number of rotatable bonds is 2. The maximum atomic E-state index is 11.9. The number of fused-ring (bicyclic) bond motifs is 1. The van der Waals surface area contributed by atoms with Crippen molar-refractivity contribution >= 4 is 23.2 Å². The van der Waals surface area contributed by atoms with Crippen molar-refractivity contribution in [3.8, 4) is 0 Å². The van der Waals surface area contributed by atoms with Crippen molar-refractivity contribution in [3.05, 3.63) is 18.6 Å². The van der Waals surface area contributed by atoms with E-state index < -0.39 is 0 Å². The van der Waals surface area contributed by atoms with E-state index in [0.717, 1.165) is 25.0 Å². The molecule has 1 fully saturated rings. The van der Waals surface area contributed by atoms with E-state index in [4.69, 9.17) is 5.73 Å². The molecule has 1 aliphatic rings. The minimum Gasteiger partial charge on any atom is -0.382 e. The second-order valence-corrected chi connectivity index (χ2v) is 4.61. The molecule has 2 aromatic heterocycles. The van der Waals surface area contributed by atoms with Gasteiger partial charge in [0.1, 0.15) is 11.9 Å². The number of nitrogens with zero attached hydrogens (tertiary/aromatic N) is 4. The fraction of sp³-hybridized carbons (Fsp3) is 0.417. The highest BCUT2D eigenvalue weighted by molar-refractivity contribution is 5.86. The number of likely N-dealkylation sites (N-methyl/N-ethyl adjacent to an activating group) is 1. The van der Waals surface area contributed by atoms with Crippen LogP contribution in [-0.4, -0.2) is 39.9 Å². The number of hydrogen-bond donors (Lipinski definition) is 2. The van der Waals surface area contributed by atoms with Gasteiger partial charge in [0.2, 0.25) is 5.91 Å². The Morgan fingerprint density at radius 2 is 2.42 bits per heavy atom. The summed E-state index contributed by atoms with van der Waals surface area (Å²) >= 11 is 0. The lowest BCUT2D eigenvalue weighted by Gasteiger charge is -2.24. The first-order valence-corrected chi connectivity index (χ1v) is 6.28. The number of nitrogens with two attached hydrogens (primary N) is 1. The summed E-state index contributed by atoms with van der Waals surface area (Å²) in [4.78, 5) is 22.6. The van der Waals surface area contributed by atoms with Crippen molar-refractivity contribution in [3.63, 3.8) is 0 Å². The van der Waals surface area contributed by atoms with Gasteiger partial charge in [-0.25, -0.2) is 9.97 Å². The number of aromatic nitrogens is 3. The fourth-order valence-electron chi connectivity index (χ4n) is 2.59. The molecule has 0 spiro atoms. The highest BCUT2D eigenvalue weighted by Gasteiger charge is 2.32. The van der Waals surface area contributed by atoms with Gasteiger partial charge in [0.05, 0.1) is 6.20 Å². The number of amides is 1. The Bertz CT molecular complexity index is 622. The van der Waals surface area contributed by atoms with Crippen LogP contribution in [0.4, 0.5) is 11.6 Å². The van der Waals surface area contributed by atoms with Gasteiger partial charge >= 0.3 is 0 Å². The third kappa shape index (κ3) is 1.87. The van der Waals surface area contributed by atoms with Crippen molar-refractivity contribution in [1.29, 1.82) is 0 Å². The van der Waals surface area contributed by atoms with Crippen LogP contribution in [0.1, 0.15) is 12.8 Å². The van der Waals surface area contributed by atoms with Gasteiger partial charge in [0.25, 0.3) is 0 Å². The number of imidazole rings is 1. The van der Waals surface area contributed by atoms with E-state index in [9.17, 15) is 4.79 Å². The van der Waals surface area contributed by atoms with E-state index in [-0.39, 0.29) is 11.9 Å². The zero-order valence-corrected chi connectivity index (χ0v) is 10.7. The molecule has 0 aliphatic carbocycles. The molecule has 1 atom stereocenters. The zero-order valence-electron chi connectivity index (χ0n) is 10.7. The third-order valence-electron chi connectivity index (χ3n) is 3.45. The van der Waals surface area contributed by atoms with Gasteiger partial charge in [-0.05, 0) is 12.8 Å². The van der Waals surface area contributed by atoms with E-state index in [1.807, 2.05) is 15.5 Å². The Hall–Kier alpha value is -2.31. The highest BCUT2D eigenvalue weighted by Crippen LogP contribution is 2.27. The number of carbonyl (C=O) groups excluding carboxylic acids is 1. The molecule has 3 N–H and O–H groups in total. The molecular weight excluding hydrogens is 244 g/mol. The lowest BCUT2D eigenvalue weighted by atomic mass is 10.2. The maximum Gasteiger partial charge on any atom is 0.242 e. The number of nitrogens with one attached hydrogen (secondary N) is 1. The first-order valence-electron chi connectivity index (χ1n) is 6.28. The number of nitrogen functional groups attached to an aromatic ring is 1. The summed E-state index contributed by atoms with van der Waals surface area (Å²) in [7, 11) is 1.65. The van der Waals surface area contributed by atoms with Crippen molar-refractivity contribution in [2.24, 2.45) is 0 Å². The Kier molecular flexibility index (Phi) is 2.73. The summed E-state index contributed by atoms with van der Waals surface area (Å²) in [5.41, 5.74) is 6.55. The number of carbonyl (C=O) groups is 1. The van der Waals surface area contributed by atoms with E-state index in [0.29, 0.717) is 11.6 Å². The molecule has 19 heavy (non-hydrogen) atoms. The molecule has 1 aliphatic heterocycles. The molecule has 2 aromatic rings. The van der Waals surface area contributed by atoms with Crippen molar-refractivity contribution in [1.82, 2.24) is 19.7 Å². The Morgan fingerprint density at radius 3 is 3.21 bits per heavy atom. The topological polar surface area (TPSA) is 88.5 Å². The second-order valence-electron chi connectivity index (χ2n) is 4.61. The predicted molar refractivity (Wildman–Crippen MR) is 71.8 cm³/mol. The number of anilines is 2. The molecule has 7 heteroatoms. The molecule has 0 radical (unpaired) electrons. The van der Waals surface area contributed by atoms with Gasteiger partial charge < -0.3 is 20.4 Å². The second kappa shape index (κ2) is 4.42. The largest absolute Gasteiger partial charge is 0.382 e. The van der Waals surface area contributed by atoms with E-state index >= 15 is 0 Å². The van der Waals surface area contributed by atoms with Crippen LogP contribution in [0, 0.1) is 0 Å². The minimum atomic E-state index is -0.195. The summed E-state index contributed by atoms with van der Waals surface area (Å²) in [5.74, 6) is 1.10. The molecule has 1 amide bonds. The molecule has 0 saturated carbocycles. The van der Waals surface area contributed by atoms with Crippen LogP contribution >= 0.6 is 0 Å². The van der Waals surface area contributed by atoms with Gasteiger partial charge in [-0.3, -0.25) is 4.79 Å². The molecule has 1 saturated heterocycles. The molecule has 100 valence electrons. The van der Waals surface area contributed by atoms with E-state index in [1.165, 1.54) is 0 Å². The molecule has 0 aromatic carbocycles. The van der Waals surface area contributed by atoms with Crippen LogP contribution in [0.15, 0.2) is 18.6 Å². The molecule has 3 rings (SSSR count). The summed E-state index contributed by atoms with van der Waals surface area (Å²) in [6, 6.07) is -0.195. The smallest absolute Gasteiger partial charge is 0.242 e. The SMILES string of the molecule is CNC(=O)C1CCCN1c1nc(N)cn2ccnc12. The molecule has 1 unspecified atom stereocenters. The van der Waals surface area contributed by atoms with Crippen molar-refractivity contribution in [2.75, 3.05) is 24.2 Å². The third-order valence-corrected chi connectivity index (χ3v) is 3.45. The Balaban J connectivity index is 2.08. The first kappa shape index (κ1) is 11.8. The minimum absolute atomic E-state index is 0.00595. The predicted octanol–water partition coefficient (Wildman–Crippen LogP) is 0.0263. The van der Waals surface area contributed by atoms with Crippen LogP contribution in [0.25, 0.3) is 5.65 Å². The monoisotopic (exact) mass is 260 g/mol. The van der Waals surface area contributed by atoms with Gasteiger partial charge in [0, 0.05) is 26.0 Å². The van der Waals surface area contributed by atoms with Crippen molar-refractivity contribution in [2.45, 2.75) is 18.9 Å². The molecular formula is C12H16N6O. The van der Waals surface area contributed by atoms with Crippen LogP contribution in [0.2, 0.25) is 0 Å². The van der Waals surface area contributed by atoms with Gasteiger partial charge in [0.15, 0.2) is 11.5 Å². The van der Waals surface area contributed by atoms with Gasteiger partial charge in [-0.15, -0.1) is 0 Å². The maximum absolute atomic E-state index is 11.9. The van der Waals surface area contributed by atoms with Gasteiger partial charge in [-0.2, -0.15) is 0 Å². The zero-order chi connectivity index (χ0) is 13.4. The molecule has 7 nitrogen and oxygen atoms in total. The number of hydrogen-bond acceptors (Lipinski definition) is 5.